The molecule has 1 aromatic heterocycles. The molecule has 1 fully saturated rings. The molecule has 4 aromatic rings. The molecule has 0 saturated carbocycles. The molecule has 3 aromatic carbocycles. The van der Waals surface area contributed by atoms with E-state index in [0.29, 0.717) is 18.9 Å². The van der Waals surface area contributed by atoms with Gasteiger partial charge in [-0.25, -0.2) is 19.4 Å². The number of anilines is 1. The number of carboxylic acid groups (broad SMARTS) is 1. The van der Waals surface area contributed by atoms with Crippen LogP contribution >= 0.6 is 0 Å². The largest absolute Gasteiger partial charge is 0.481 e. The van der Waals surface area contributed by atoms with Crippen LogP contribution in [0.4, 0.5) is 15.5 Å². The highest BCUT2D eigenvalue weighted by Crippen LogP contribution is 2.20. The molecule has 0 spiro atoms. The van der Waals surface area contributed by atoms with Crippen molar-refractivity contribution < 1.29 is 38.3 Å². The number of alkyl carbamates (subject to hydrolysis) is 1. The third kappa shape index (κ3) is 6.93. The molecule has 2 heterocycles. The molecule has 44 heavy (non-hydrogen) atoms. The number of rotatable bonds is 13. The van der Waals surface area contributed by atoms with E-state index in [4.69, 9.17) is 4.74 Å². The number of aromatic nitrogens is 2. The summed E-state index contributed by atoms with van der Waals surface area (Å²) in [6.07, 6.45) is -2.62. The molecule has 14 nitrogen and oxygen atoms in total. The van der Waals surface area contributed by atoms with Gasteiger partial charge in [-0.15, -0.1) is 0 Å². The average molecular weight is 603 g/mol. The number of imidazole rings is 1. The number of hydrogen-bond donors (Lipinski definition) is 6. The number of imide groups is 1. The first kappa shape index (κ1) is 30.0. The van der Waals surface area contributed by atoms with E-state index in [1.807, 2.05) is 60.7 Å². The van der Waals surface area contributed by atoms with Crippen LogP contribution in [0.3, 0.4) is 0 Å². The maximum atomic E-state index is 13.1. The van der Waals surface area contributed by atoms with Crippen molar-refractivity contribution in [1.29, 1.82) is 0 Å². The average Bonchev–Trinajstić information content (AvgIpc) is 3.54. The van der Waals surface area contributed by atoms with Gasteiger partial charge in [0.2, 0.25) is 5.95 Å². The van der Waals surface area contributed by atoms with E-state index in [1.165, 1.54) is 0 Å². The zero-order chi connectivity index (χ0) is 31.1. The Morgan fingerprint density at radius 2 is 1.77 bits per heavy atom. The van der Waals surface area contributed by atoms with Crippen LogP contribution in [0.25, 0.3) is 21.8 Å². The van der Waals surface area contributed by atoms with Gasteiger partial charge in [-0.2, -0.15) is 4.48 Å². The van der Waals surface area contributed by atoms with E-state index in [0.717, 1.165) is 27.4 Å². The van der Waals surface area contributed by atoms with Crippen LogP contribution in [-0.4, -0.2) is 81.8 Å². The van der Waals surface area contributed by atoms with Crippen molar-refractivity contribution in [2.75, 3.05) is 31.5 Å². The van der Waals surface area contributed by atoms with Crippen molar-refractivity contribution in [1.82, 2.24) is 25.9 Å². The van der Waals surface area contributed by atoms with Crippen LogP contribution in [0.5, 0.6) is 0 Å². The number of carbonyl (C=O) groups excluding carboxylic acids is 4. The number of aliphatic carboxylic acids is 1. The van der Waals surface area contributed by atoms with Crippen LogP contribution in [0.1, 0.15) is 18.4 Å². The minimum atomic E-state index is -1.35. The highest BCUT2D eigenvalue weighted by Gasteiger charge is 2.51. The number of aromatic amines is 1. The Morgan fingerprint density at radius 3 is 2.55 bits per heavy atom. The molecule has 5 rings (SSSR count). The lowest BCUT2D eigenvalue weighted by Gasteiger charge is -2.27. The Morgan fingerprint density at radius 1 is 1.00 bits per heavy atom. The SMILES string of the molecule is O=C(O)CC(NC(=O)C[N+]1(CCCNc2nc3ccccc3[nH]2)C(=O)CNC1=O)NC(=O)OCc1cccc2ccccc12. The van der Waals surface area contributed by atoms with E-state index in [2.05, 4.69) is 31.2 Å². The molecule has 228 valence electrons. The van der Waals surface area contributed by atoms with Gasteiger partial charge in [0.05, 0.1) is 24.0 Å². The number of carboxylic acids is 1. The van der Waals surface area contributed by atoms with Crippen molar-refractivity contribution in [3.63, 3.8) is 0 Å². The van der Waals surface area contributed by atoms with E-state index in [1.54, 1.807) is 6.07 Å². The van der Waals surface area contributed by atoms with Crippen molar-refractivity contribution >= 4 is 57.7 Å². The van der Waals surface area contributed by atoms with Gasteiger partial charge in [-0.05, 0) is 28.5 Å². The monoisotopic (exact) mass is 602 g/mol. The predicted octanol–water partition coefficient (Wildman–Crippen LogP) is 2.43. The number of para-hydroxylation sites is 2. The Kier molecular flexibility index (Phi) is 9.00. The fourth-order valence-electron chi connectivity index (χ4n) is 5.17. The second-order valence-electron chi connectivity index (χ2n) is 10.4. The smallest absolute Gasteiger partial charge is 0.425 e. The first-order chi connectivity index (χ1) is 21.2. The van der Waals surface area contributed by atoms with Crippen LogP contribution in [0.2, 0.25) is 0 Å². The zero-order valence-electron chi connectivity index (χ0n) is 23.7. The van der Waals surface area contributed by atoms with Crippen molar-refractivity contribution in [3.05, 3.63) is 72.3 Å². The van der Waals surface area contributed by atoms with Crippen LogP contribution < -0.4 is 21.3 Å². The Hall–Kier alpha value is -5.50. The summed E-state index contributed by atoms with van der Waals surface area (Å²) < 4.78 is 4.51. The summed E-state index contributed by atoms with van der Waals surface area (Å²) in [4.78, 5) is 70.4. The van der Waals surface area contributed by atoms with Gasteiger partial charge < -0.3 is 30.8 Å². The Balaban J connectivity index is 1.17. The number of hydrogen-bond acceptors (Lipinski definition) is 8. The number of amides is 5. The molecule has 1 aliphatic heterocycles. The number of fused-ring (bicyclic) bond motifs is 2. The van der Waals surface area contributed by atoms with Gasteiger partial charge in [0, 0.05) is 13.0 Å². The molecule has 2 atom stereocenters. The van der Waals surface area contributed by atoms with Crippen molar-refractivity contribution in [2.45, 2.75) is 25.6 Å². The third-order valence-electron chi connectivity index (χ3n) is 7.31. The second kappa shape index (κ2) is 13.2. The quantitative estimate of drug-likeness (QED) is 0.0577. The first-order valence-corrected chi connectivity index (χ1v) is 14.0. The van der Waals surface area contributed by atoms with E-state index in [-0.39, 0.29) is 19.7 Å². The number of urea groups is 1. The first-order valence-electron chi connectivity index (χ1n) is 14.0. The fourth-order valence-corrected chi connectivity index (χ4v) is 5.17. The number of H-pyrrole nitrogens is 1. The number of quaternary nitrogens is 1. The number of benzene rings is 3. The minimum Gasteiger partial charge on any atom is -0.481 e. The number of carbonyl (C=O) groups is 5. The fraction of sp³-hybridized carbons (Fsp3) is 0.267. The van der Waals surface area contributed by atoms with E-state index >= 15 is 0 Å². The van der Waals surface area contributed by atoms with Gasteiger partial charge in [0.15, 0.2) is 6.54 Å². The van der Waals surface area contributed by atoms with Crippen LogP contribution in [0.15, 0.2) is 66.7 Å². The van der Waals surface area contributed by atoms with Gasteiger partial charge in [-0.3, -0.25) is 14.9 Å². The summed E-state index contributed by atoms with van der Waals surface area (Å²) in [6, 6.07) is 20.0. The predicted molar refractivity (Wildman–Crippen MR) is 159 cm³/mol. The normalized spacial score (nSPS) is 16.8. The number of nitrogens with zero attached hydrogens (tertiary/aromatic N) is 2. The van der Waals surface area contributed by atoms with E-state index < -0.39 is 53.5 Å². The van der Waals surface area contributed by atoms with Gasteiger partial charge >= 0.3 is 24.0 Å². The topological polar surface area (TPSA) is 192 Å². The molecule has 0 bridgehead atoms. The molecule has 6 N–H and O–H groups in total. The summed E-state index contributed by atoms with van der Waals surface area (Å²) >= 11 is 0. The molecule has 0 aliphatic carbocycles. The molecule has 14 heteroatoms. The zero-order valence-corrected chi connectivity index (χ0v) is 23.7. The lowest BCUT2D eigenvalue weighted by atomic mass is 10.1. The third-order valence-corrected chi connectivity index (χ3v) is 7.31. The lowest BCUT2D eigenvalue weighted by molar-refractivity contribution is -0.758. The highest BCUT2D eigenvalue weighted by molar-refractivity contribution is 5.95. The van der Waals surface area contributed by atoms with Crippen molar-refractivity contribution in [3.8, 4) is 0 Å². The maximum Gasteiger partial charge on any atom is 0.425 e. The molecule has 1 saturated heterocycles. The molecule has 0 radical (unpaired) electrons. The highest BCUT2D eigenvalue weighted by atomic mass is 16.5. The summed E-state index contributed by atoms with van der Waals surface area (Å²) in [5, 5.41) is 21.6. The summed E-state index contributed by atoms with van der Waals surface area (Å²) in [6.45, 7) is -0.528. The number of nitrogens with one attached hydrogen (secondary N) is 5. The van der Waals surface area contributed by atoms with E-state index in [9.17, 15) is 29.1 Å². The molecular weight excluding hydrogens is 570 g/mol. The standard InChI is InChI=1S/C30H31N7O7/c38-25(35-24(15-27(40)41)36-30(43)44-18-20-9-5-8-19-7-1-2-10-21(19)20)17-37(26(39)16-32-29(37)42)14-6-13-31-28-33-22-11-3-4-12-23(22)34-28/h1-5,7-12,24H,6,13-18H2,(H5-,31,32,33,34,35,36,38,40,41,42,43)/p+1. The van der Waals surface area contributed by atoms with Crippen LogP contribution in [0, 0.1) is 0 Å². The summed E-state index contributed by atoms with van der Waals surface area (Å²) in [5.41, 5.74) is 2.38. The molecular formula is C30H32N7O7+. The molecule has 2 unspecified atom stereocenters. The lowest BCUT2D eigenvalue weighted by Crippen LogP contribution is -2.60. The van der Waals surface area contributed by atoms with Gasteiger partial charge in [0.25, 0.3) is 5.91 Å². The molecule has 5 amide bonds. The van der Waals surface area contributed by atoms with Gasteiger partial charge in [-0.1, -0.05) is 54.6 Å². The maximum absolute atomic E-state index is 13.1. The Labute approximate surface area is 251 Å². The summed E-state index contributed by atoms with van der Waals surface area (Å²) in [7, 11) is 0. The second-order valence-corrected chi connectivity index (χ2v) is 10.4. The van der Waals surface area contributed by atoms with Crippen LogP contribution in [-0.2, 0) is 25.7 Å². The van der Waals surface area contributed by atoms with Gasteiger partial charge in [0.1, 0.15) is 19.3 Å². The summed E-state index contributed by atoms with van der Waals surface area (Å²) in [5.74, 6) is -2.05. The minimum absolute atomic E-state index is 0.00934. The van der Waals surface area contributed by atoms with Crippen molar-refractivity contribution in [2.24, 2.45) is 0 Å². The molecule has 1 aliphatic rings. The number of ether oxygens (including phenoxy) is 1. The Bertz CT molecular complexity index is 1670.